The summed E-state index contributed by atoms with van der Waals surface area (Å²) in [5.41, 5.74) is 0. The van der Waals surface area contributed by atoms with E-state index in [0.717, 1.165) is 57.9 Å². The van der Waals surface area contributed by atoms with Crippen molar-refractivity contribution >= 4 is 16.7 Å². The Morgan fingerprint density at radius 2 is 1.79 bits per heavy atom. The number of nitrogens with zero attached hydrogens (tertiary/aromatic N) is 1. The summed E-state index contributed by atoms with van der Waals surface area (Å²) >= 11 is 0. The molecular weight excluding hydrogens is 388 g/mol. The van der Waals surface area contributed by atoms with E-state index in [0.29, 0.717) is 5.76 Å². The Balaban J connectivity index is 0.00000240. The number of unbranched alkanes of at least 4 members (excludes halogenated alkanes) is 1. The van der Waals surface area contributed by atoms with E-state index in [1.54, 1.807) is 23.3 Å². The van der Waals surface area contributed by atoms with Crippen LogP contribution in [0.5, 0.6) is 5.75 Å². The first-order valence-electron chi connectivity index (χ1n) is 10.1. The molecule has 0 saturated carbocycles. The van der Waals surface area contributed by atoms with Crippen molar-refractivity contribution in [3.8, 4) is 5.75 Å². The van der Waals surface area contributed by atoms with Gasteiger partial charge >= 0.3 is 0 Å². The molecule has 0 unspecified atom stereocenters. The highest BCUT2D eigenvalue weighted by atomic mass is 35.5. The van der Waals surface area contributed by atoms with Crippen LogP contribution in [0, 0.1) is 0 Å². The Labute approximate surface area is 177 Å². The van der Waals surface area contributed by atoms with Crippen molar-refractivity contribution in [1.82, 2.24) is 4.90 Å². The standard InChI is InChI=1S/C23H26N2O3.ClH/c26-23(22-11-6-18-28-22)25-15-13-24(14-16-25)12-3-4-17-27-21-10-5-8-19-7-1-2-9-20(19)21;/h1-2,5-11,18H,3-4,12-17H2;1H. The van der Waals surface area contributed by atoms with Gasteiger partial charge in [0.1, 0.15) is 5.75 Å². The quantitative estimate of drug-likeness (QED) is 0.537. The van der Waals surface area contributed by atoms with Crippen LogP contribution in [0.1, 0.15) is 23.4 Å². The normalized spacial score (nSPS) is 14.6. The Bertz CT molecular complexity index is 900. The number of fused-ring (bicyclic) bond motifs is 1. The molecule has 5 nitrogen and oxygen atoms in total. The SMILES string of the molecule is O=C(c1ccco1)N1CC[NH+](CCCCOc2cccc3ccccc23)CC1.[Cl-]. The van der Waals surface area contributed by atoms with Crippen molar-refractivity contribution < 1.29 is 31.3 Å². The van der Waals surface area contributed by atoms with E-state index in [1.807, 2.05) is 17.0 Å². The van der Waals surface area contributed by atoms with Crippen molar-refractivity contribution in [3.63, 3.8) is 0 Å². The molecule has 0 atom stereocenters. The molecule has 1 aromatic heterocycles. The van der Waals surface area contributed by atoms with Crippen LogP contribution in [-0.2, 0) is 0 Å². The molecule has 2 heterocycles. The molecule has 0 spiro atoms. The van der Waals surface area contributed by atoms with Gasteiger partial charge in [-0.3, -0.25) is 4.79 Å². The van der Waals surface area contributed by atoms with E-state index < -0.39 is 0 Å². The summed E-state index contributed by atoms with van der Waals surface area (Å²) in [4.78, 5) is 15.8. The van der Waals surface area contributed by atoms with Gasteiger partial charge in [-0.1, -0.05) is 36.4 Å². The minimum absolute atomic E-state index is 0. The van der Waals surface area contributed by atoms with Crippen LogP contribution in [0.2, 0.25) is 0 Å². The first kappa shape index (κ1) is 21.2. The molecule has 3 aromatic rings. The first-order valence-corrected chi connectivity index (χ1v) is 10.1. The number of benzene rings is 2. The molecule has 1 amide bonds. The van der Waals surface area contributed by atoms with Gasteiger partial charge < -0.3 is 31.4 Å². The third-order valence-corrected chi connectivity index (χ3v) is 5.42. The smallest absolute Gasteiger partial charge is 0.289 e. The van der Waals surface area contributed by atoms with Gasteiger partial charge in [0.05, 0.1) is 45.6 Å². The number of hydrogen-bond donors (Lipinski definition) is 1. The second-order valence-corrected chi connectivity index (χ2v) is 7.30. The van der Waals surface area contributed by atoms with Gasteiger partial charge in [-0.2, -0.15) is 0 Å². The predicted octanol–water partition coefficient (Wildman–Crippen LogP) is -0.363. The highest BCUT2D eigenvalue weighted by Crippen LogP contribution is 2.25. The number of halogens is 1. The number of ether oxygens (including phenoxy) is 1. The van der Waals surface area contributed by atoms with Gasteiger partial charge in [0.15, 0.2) is 5.76 Å². The first-order chi connectivity index (χ1) is 13.8. The van der Waals surface area contributed by atoms with Crippen LogP contribution in [0.15, 0.2) is 65.3 Å². The van der Waals surface area contributed by atoms with Gasteiger partial charge in [-0.15, -0.1) is 0 Å². The summed E-state index contributed by atoms with van der Waals surface area (Å²) in [6.07, 6.45) is 3.73. The van der Waals surface area contributed by atoms with Crippen LogP contribution in [0.3, 0.4) is 0 Å². The number of piperazine rings is 1. The third kappa shape index (κ3) is 5.31. The highest BCUT2D eigenvalue weighted by molar-refractivity contribution is 5.91. The van der Waals surface area contributed by atoms with Crippen molar-refractivity contribution in [1.29, 1.82) is 0 Å². The Morgan fingerprint density at radius 3 is 2.59 bits per heavy atom. The highest BCUT2D eigenvalue weighted by Gasteiger charge is 2.25. The zero-order chi connectivity index (χ0) is 19.2. The molecule has 0 radical (unpaired) electrons. The Hall–Kier alpha value is -2.50. The van der Waals surface area contributed by atoms with Crippen LogP contribution in [0.25, 0.3) is 10.8 Å². The predicted molar refractivity (Wildman–Crippen MR) is 109 cm³/mol. The summed E-state index contributed by atoms with van der Waals surface area (Å²) in [5, 5.41) is 2.39. The van der Waals surface area contributed by atoms with Gasteiger partial charge in [-0.25, -0.2) is 0 Å². The van der Waals surface area contributed by atoms with E-state index in [1.165, 1.54) is 10.8 Å². The van der Waals surface area contributed by atoms with Gasteiger partial charge in [-0.05, 0) is 36.4 Å². The molecule has 1 aliphatic heterocycles. The second-order valence-electron chi connectivity index (χ2n) is 7.30. The fraction of sp³-hybridized carbons (Fsp3) is 0.348. The lowest BCUT2D eigenvalue weighted by atomic mass is 10.1. The fourth-order valence-electron chi connectivity index (χ4n) is 3.81. The second kappa shape index (κ2) is 10.3. The molecule has 1 saturated heterocycles. The zero-order valence-corrected chi connectivity index (χ0v) is 17.2. The maximum atomic E-state index is 12.3. The number of carbonyl (C=O) groups excluding carboxylic acids is 1. The number of furan rings is 1. The summed E-state index contributed by atoms with van der Waals surface area (Å²) in [6.45, 7) is 5.45. The van der Waals surface area contributed by atoms with Crippen molar-refractivity contribution in [2.75, 3.05) is 39.3 Å². The minimum atomic E-state index is 0. The topological polar surface area (TPSA) is 47.1 Å². The van der Waals surface area contributed by atoms with E-state index in [9.17, 15) is 4.79 Å². The number of amides is 1. The van der Waals surface area contributed by atoms with Gasteiger partial charge in [0.25, 0.3) is 5.91 Å². The Morgan fingerprint density at radius 1 is 1.00 bits per heavy atom. The van der Waals surface area contributed by atoms with Crippen molar-refractivity contribution in [2.45, 2.75) is 12.8 Å². The average Bonchev–Trinajstić information content (AvgIpc) is 3.28. The summed E-state index contributed by atoms with van der Waals surface area (Å²) < 4.78 is 11.2. The summed E-state index contributed by atoms with van der Waals surface area (Å²) in [6, 6.07) is 18.0. The number of rotatable bonds is 7. The number of hydrogen-bond acceptors (Lipinski definition) is 3. The molecule has 1 fully saturated rings. The molecule has 29 heavy (non-hydrogen) atoms. The summed E-state index contributed by atoms with van der Waals surface area (Å²) in [5.74, 6) is 1.41. The zero-order valence-electron chi connectivity index (χ0n) is 16.5. The Kier molecular flexibility index (Phi) is 7.55. The molecule has 4 rings (SSSR count). The van der Waals surface area contributed by atoms with Crippen LogP contribution < -0.4 is 22.0 Å². The summed E-state index contributed by atoms with van der Waals surface area (Å²) in [7, 11) is 0. The minimum Gasteiger partial charge on any atom is -1.00 e. The van der Waals surface area contributed by atoms with E-state index in [2.05, 4.69) is 30.3 Å². The number of carbonyl (C=O) groups is 1. The maximum Gasteiger partial charge on any atom is 0.289 e. The van der Waals surface area contributed by atoms with Crippen LogP contribution in [-0.4, -0.2) is 50.1 Å². The monoisotopic (exact) mass is 414 g/mol. The van der Waals surface area contributed by atoms with Crippen LogP contribution >= 0.6 is 0 Å². The van der Waals surface area contributed by atoms with E-state index in [4.69, 9.17) is 9.15 Å². The maximum absolute atomic E-state index is 12.3. The van der Waals surface area contributed by atoms with Gasteiger partial charge in [0.2, 0.25) is 0 Å². The molecule has 0 bridgehead atoms. The number of nitrogens with one attached hydrogen (secondary N) is 1. The fourth-order valence-corrected chi connectivity index (χ4v) is 3.81. The molecular formula is C23H27ClN2O3. The van der Waals surface area contributed by atoms with Crippen LogP contribution in [0.4, 0.5) is 0 Å². The molecule has 154 valence electrons. The van der Waals surface area contributed by atoms with E-state index >= 15 is 0 Å². The molecule has 1 aliphatic rings. The third-order valence-electron chi connectivity index (χ3n) is 5.42. The average molecular weight is 415 g/mol. The lowest BCUT2D eigenvalue weighted by Crippen LogP contribution is -3.14. The lowest BCUT2D eigenvalue weighted by Gasteiger charge is -2.31. The van der Waals surface area contributed by atoms with E-state index in [-0.39, 0.29) is 18.3 Å². The van der Waals surface area contributed by atoms with Crippen molar-refractivity contribution in [2.24, 2.45) is 0 Å². The lowest BCUT2D eigenvalue weighted by molar-refractivity contribution is -0.904. The molecule has 1 N–H and O–H groups in total. The van der Waals surface area contributed by atoms with Gasteiger partial charge in [0, 0.05) is 5.39 Å². The number of quaternary nitrogens is 1. The molecule has 2 aromatic carbocycles. The largest absolute Gasteiger partial charge is 1.00 e. The molecule has 6 heteroatoms. The van der Waals surface area contributed by atoms with Crippen molar-refractivity contribution in [3.05, 3.63) is 66.6 Å². The molecule has 0 aliphatic carbocycles.